The third-order valence-corrected chi connectivity index (χ3v) is 7.05. The largest absolute Gasteiger partial charge is 0.435 e. The van der Waals surface area contributed by atoms with Gasteiger partial charge in [-0.15, -0.1) is 0 Å². The maximum absolute atomic E-state index is 13.9. The van der Waals surface area contributed by atoms with Crippen molar-refractivity contribution in [3.05, 3.63) is 40.7 Å². The van der Waals surface area contributed by atoms with E-state index in [-0.39, 0.29) is 54.0 Å². The van der Waals surface area contributed by atoms with E-state index in [9.17, 15) is 36.8 Å². The van der Waals surface area contributed by atoms with E-state index in [0.717, 1.165) is 22.9 Å². The van der Waals surface area contributed by atoms with Crippen molar-refractivity contribution in [1.29, 1.82) is 5.26 Å². The molecule has 3 aliphatic rings. The highest BCUT2D eigenvalue weighted by Gasteiger charge is 2.44. The number of benzene rings is 1. The Bertz CT molecular complexity index is 1320. The molecule has 15 heteroatoms. The van der Waals surface area contributed by atoms with Crippen LogP contribution in [0.1, 0.15) is 40.2 Å². The van der Waals surface area contributed by atoms with Gasteiger partial charge >= 0.3 is 12.8 Å². The van der Waals surface area contributed by atoms with E-state index >= 15 is 0 Å². The molecule has 0 unspecified atom stereocenters. The first-order valence-electron chi connectivity index (χ1n) is 12.2. The maximum Gasteiger partial charge on any atom is 0.435 e. The van der Waals surface area contributed by atoms with E-state index in [1.54, 1.807) is 11.1 Å². The average molecular weight is 554 g/mol. The first kappa shape index (κ1) is 26.8. The number of carbonyl (C=O) groups excluding carboxylic acids is 2. The van der Waals surface area contributed by atoms with Crippen LogP contribution in [0, 0.1) is 11.3 Å². The molecule has 0 aliphatic carbocycles. The zero-order valence-corrected chi connectivity index (χ0v) is 20.5. The summed E-state index contributed by atoms with van der Waals surface area (Å²) in [7, 11) is 0. The summed E-state index contributed by atoms with van der Waals surface area (Å²) in [6.07, 6.45) is -3.92. The van der Waals surface area contributed by atoms with Gasteiger partial charge in [-0.25, -0.2) is 9.69 Å². The number of alkyl halides is 5. The second-order valence-corrected chi connectivity index (χ2v) is 9.26. The van der Waals surface area contributed by atoms with Crippen LogP contribution in [-0.2, 0) is 22.1 Å². The first-order chi connectivity index (χ1) is 18.6. The molecular weight excluding hydrogens is 531 g/mol. The van der Waals surface area contributed by atoms with E-state index < -0.39 is 30.1 Å². The number of morpholine rings is 1. The Balaban J connectivity index is 1.43. The van der Waals surface area contributed by atoms with Crippen molar-refractivity contribution in [1.82, 2.24) is 24.7 Å². The van der Waals surface area contributed by atoms with Gasteiger partial charge in [-0.1, -0.05) is 0 Å². The lowest BCUT2D eigenvalue weighted by atomic mass is 9.97. The van der Waals surface area contributed by atoms with Gasteiger partial charge in [0, 0.05) is 31.2 Å². The Hall–Kier alpha value is -3.77. The minimum absolute atomic E-state index is 0.00159. The summed E-state index contributed by atoms with van der Waals surface area (Å²) in [4.78, 5) is 27.4. The smallest absolute Gasteiger partial charge is 0.433 e. The van der Waals surface area contributed by atoms with E-state index in [2.05, 4.69) is 9.84 Å². The number of nitriles is 1. The highest BCUT2D eigenvalue weighted by molar-refractivity contribution is 5.96. The van der Waals surface area contributed by atoms with Gasteiger partial charge in [0.2, 0.25) is 0 Å². The maximum atomic E-state index is 13.9. The molecule has 2 aromatic rings. The van der Waals surface area contributed by atoms with E-state index in [1.165, 1.54) is 4.90 Å². The summed E-state index contributed by atoms with van der Waals surface area (Å²) in [6.45, 7) is -1.32. The van der Waals surface area contributed by atoms with Gasteiger partial charge in [-0.3, -0.25) is 14.6 Å². The molecule has 0 saturated carbocycles. The SMILES string of the molecule is N#Cc1cc(-n2nc(C(F)(F)F)c3c2C(=O)N(C2CCN(N4CCOCC4=O)CC2)CC3)ccc1OC(F)F. The van der Waals surface area contributed by atoms with Gasteiger partial charge in [0.25, 0.3) is 11.8 Å². The van der Waals surface area contributed by atoms with Crippen molar-refractivity contribution in [3.8, 4) is 17.5 Å². The van der Waals surface area contributed by atoms with Crippen molar-refractivity contribution in [2.45, 2.75) is 38.1 Å². The Morgan fingerprint density at radius 1 is 1.13 bits per heavy atom. The summed E-state index contributed by atoms with van der Waals surface area (Å²) in [5.41, 5.74) is -2.18. The molecule has 0 spiro atoms. The summed E-state index contributed by atoms with van der Waals surface area (Å²) < 4.78 is 77.3. The fraction of sp³-hybridized carbons (Fsp3) is 0.500. The van der Waals surface area contributed by atoms with Crippen molar-refractivity contribution >= 4 is 11.8 Å². The van der Waals surface area contributed by atoms with Crippen molar-refractivity contribution < 1.29 is 41.0 Å². The highest BCUT2D eigenvalue weighted by atomic mass is 19.4. The normalized spacial score (nSPS) is 19.4. The third-order valence-electron chi connectivity index (χ3n) is 7.05. The molecule has 1 aromatic heterocycles. The molecule has 10 nitrogen and oxygen atoms in total. The van der Waals surface area contributed by atoms with Gasteiger partial charge in [-0.05, 0) is 37.5 Å². The van der Waals surface area contributed by atoms with Crippen LogP contribution in [0.5, 0.6) is 5.75 Å². The van der Waals surface area contributed by atoms with Crippen LogP contribution in [-0.4, -0.2) is 88.6 Å². The standard InChI is InChI=1S/C24H23F5N6O4/c25-23(26)39-18-2-1-16(11-14(18)12-30)35-20-17(21(31-35)24(27,28)29)5-8-33(22(20)37)15-3-6-32(7-4-15)34-9-10-38-13-19(34)36/h1-2,11,15,23H,3-10,13H2. The van der Waals surface area contributed by atoms with Crippen LogP contribution < -0.4 is 4.74 Å². The number of hydrazine groups is 1. The lowest BCUT2D eigenvalue weighted by molar-refractivity contribution is -0.168. The molecule has 2 saturated heterocycles. The number of hydrogen-bond donors (Lipinski definition) is 0. The first-order valence-corrected chi connectivity index (χ1v) is 12.2. The minimum atomic E-state index is -4.84. The predicted octanol–water partition coefficient (Wildman–Crippen LogP) is 2.60. The molecule has 5 rings (SSSR count). The van der Waals surface area contributed by atoms with Gasteiger partial charge in [0.15, 0.2) is 5.69 Å². The average Bonchev–Trinajstić information content (AvgIpc) is 3.31. The molecule has 208 valence electrons. The molecule has 1 aromatic carbocycles. The third kappa shape index (κ3) is 5.13. The molecule has 3 aliphatic heterocycles. The molecule has 0 N–H and O–H groups in total. The molecule has 0 radical (unpaired) electrons. The van der Waals surface area contributed by atoms with Crippen LogP contribution in [0.2, 0.25) is 0 Å². The molecule has 4 heterocycles. The summed E-state index contributed by atoms with van der Waals surface area (Å²) >= 11 is 0. The van der Waals surface area contributed by atoms with Crippen LogP contribution in [0.25, 0.3) is 5.69 Å². The number of carbonyl (C=O) groups is 2. The Morgan fingerprint density at radius 2 is 1.87 bits per heavy atom. The number of halogens is 5. The lowest BCUT2D eigenvalue weighted by Crippen LogP contribution is -2.57. The van der Waals surface area contributed by atoms with Gasteiger partial charge < -0.3 is 14.4 Å². The fourth-order valence-electron chi connectivity index (χ4n) is 5.29. The summed E-state index contributed by atoms with van der Waals surface area (Å²) in [5, 5.41) is 16.6. The molecule has 2 fully saturated rings. The number of hydrogen-bond acceptors (Lipinski definition) is 7. The molecule has 39 heavy (non-hydrogen) atoms. The minimum Gasteiger partial charge on any atom is -0.433 e. The van der Waals surface area contributed by atoms with Crippen LogP contribution in [0.3, 0.4) is 0 Å². The number of fused-ring (bicyclic) bond motifs is 1. The summed E-state index contributed by atoms with van der Waals surface area (Å²) in [6, 6.07) is 4.64. The number of piperidine rings is 1. The molecule has 0 bridgehead atoms. The zero-order valence-electron chi connectivity index (χ0n) is 20.5. The topological polar surface area (TPSA) is 104 Å². The van der Waals surface area contributed by atoms with Crippen LogP contribution >= 0.6 is 0 Å². The second kappa shape index (κ2) is 10.4. The number of nitrogens with zero attached hydrogens (tertiary/aromatic N) is 6. The number of ether oxygens (including phenoxy) is 2. The quantitative estimate of drug-likeness (QED) is 0.524. The van der Waals surface area contributed by atoms with Crippen LogP contribution in [0.15, 0.2) is 18.2 Å². The zero-order chi connectivity index (χ0) is 27.9. The monoisotopic (exact) mass is 554 g/mol. The van der Waals surface area contributed by atoms with E-state index in [0.29, 0.717) is 39.1 Å². The fourth-order valence-corrected chi connectivity index (χ4v) is 5.29. The lowest BCUT2D eigenvalue weighted by Gasteiger charge is -2.44. The van der Waals surface area contributed by atoms with E-state index in [1.807, 2.05) is 5.01 Å². The van der Waals surface area contributed by atoms with Gasteiger partial charge in [0.1, 0.15) is 24.1 Å². The molecular formula is C24H23F5N6O4. The van der Waals surface area contributed by atoms with Crippen LogP contribution in [0.4, 0.5) is 22.0 Å². The molecule has 2 amide bonds. The predicted molar refractivity (Wildman–Crippen MR) is 122 cm³/mol. The number of rotatable bonds is 5. The highest BCUT2D eigenvalue weighted by Crippen LogP contribution is 2.37. The second-order valence-electron chi connectivity index (χ2n) is 9.26. The van der Waals surface area contributed by atoms with Crippen molar-refractivity contribution in [2.24, 2.45) is 0 Å². The Labute approximate surface area is 219 Å². The van der Waals surface area contributed by atoms with Crippen molar-refractivity contribution in [2.75, 3.05) is 39.4 Å². The van der Waals surface area contributed by atoms with Gasteiger partial charge in [-0.2, -0.15) is 32.3 Å². The summed E-state index contributed by atoms with van der Waals surface area (Å²) in [5.74, 6) is -1.25. The van der Waals surface area contributed by atoms with Crippen molar-refractivity contribution in [3.63, 3.8) is 0 Å². The Kier molecular flexibility index (Phi) is 7.17. The molecule has 0 atom stereocenters. The number of amides is 2. The van der Waals surface area contributed by atoms with E-state index in [4.69, 9.17) is 4.74 Å². The number of aromatic nitrogens is 2. The Morgan fingerprint density at radius 3 is 2.51 bits per heavy atom. The van der Waals surface area contributed by atoms with Gasteiger partial charge in [0.05, 0.1) is 24.4 Å².